The van der Waals surface area contributed by atoms with Crippen LogP contribution in [0.5, 0.6) is 0 Å². The molecule has 0 aliphatic carbocycles. The van der Waals surface area contributed by atoms with E-state index in [9.17, 15) is 14.4 Å². The van der Waals surface area contributed by atoms with Crippen LogP contribution in [0.15, 0.2) is 35.4 Å². The molecule has 0 saturated carbocycles. The fraction of sp³-hybridized carbons (Fsp3) is 0.524. The Morgan fingerprint density at radius 1 is 1.07 bits per heavy atom. The van der Waals surface area contributed by atoms with Gasteiger partial charge in [0.15, 0.2) is 0 Å². The molecule has 2 aromatic rings. The number of aryl methyl sites for hydroxylation is 1. The van der Waals surface area contributed by atoms with Gasteiger partial charge in [0.1, 0.15) is 6.04 Å². The Labute approximate surface area is 163 Å². The number of aromatic nitrogens is 2. The van der Waals surface area contributed by atoms with Crippen LogP contribution in [-0.4, -0.2) is 56.8 Å². The summed E-state index contributed by atoms with van der Waals surface area (Å²) in [5.74, 6) is 0.121. The van der Waals surface area contributed by atoms with Gasteiger partial charge in [0.2, 0.25) is 11.8 Å². The van der Waals surface area contributed by atoms with Crippen molar-refractivity contribution in [3.63, 3.8) is 0 Å². The number of carbonyl (C=O) groups is 2. The van der Waals surface area contributed by atoms with Gasteiger partial charge in [-0.25, -0.2) is 4.98 Å². The molecule has 7 nitrogen and oxygen atoms in total. The van der Waals surface area contributed by atoms with Crippen molar-refractivity contribution < 1.29 is 9.59 Å². The summed E-state index contributed by atoms with van der Waals surface area (Å²) in [6, 6.07) is 6.97. The summed E-state index contributed by atoms with van der Waals surface area (Å²) in [6.07, 6.45) is 6.19. The highest BCUT2D eigenvalue weighted by atomic mass is 16.2. The zero-order valence-corrected chi connectivity index (χ0v) is 16.0. The van der Waals surface area contributed by atoms with Crippen molar-refractivity contribution in [2.75, 3.05) is 19.6 Å². The van der Waals surface area contributed by atoms with Crippen molar-refractivity contribution in [2.45, 2.75) is 51.1 Å². The first-order chi connectivity index (χ1) is 13.6. The molecular formula is C21H26N4O3. The molecule has 1 atom stereocenters. The minimum absolute atomic E-state index is 0.0110. The molecule has 0 radical (unpaired) electrons. The third-order valence-corrected chi connectivity index (χ3v) is 5.80. The molecule has 2 saturated heterocycles. The van der Waals surface area contributed by atoms with Gasteiger partial charge >= 0.3 is 0 Å². The van der Waals surface area contributed by atoms with Crippen LogP contribution in [-0.2, 0) is 16.1 Å². The lowest BCUT2D eigenvalue weighted by Crippen LogP contribution is -2.46. The highest BCUT2D eigenvalue weighted by Gasteiger charge is 2.36. The number of carbonyl (C=O) groups excluding carboxylic acids is 2. The standard InChI is InChI=1S/C21H26N4O3/c26-19(25-14-5-9-18(25)21(28)23-11-3-4-12-23)10-6-13-24-15-22-17-8-2-1-7-16(17)20(24)27/h1-2,7-8,15,18H,3-6,9-14H2/t18-/m0/s1. The molecule has 0 unspecified atom stereocenters. The number of benzene rings is 1. The summed E-state index contributed by atoms with van der Waals surface area (Å²) in [7, 11) is 0. The summed E-state index contributed by atoms with van der Waals surface area (Å²) < 4.78 is 1.56. The van der Waals surface area contributed by atoms with E-state index in [1.807, 2.05) is 23.1 Å². The quantitative estimate of drug-likeness (QED) is 0.790. The molecule has 148 valence electrons. The first kappa shape index (κ1) is 18.7. The second-order valence-corrected chi connectivity index (χ2v) is 7.64. The second kappa shape index (κ2) is 8.12. The van der Waals surface area contributed by atoms with E-state index in [2.05, 4.69) is 4.98 Å². The highest BCUT2D eigenvalue weighted by Crippen LogP contribution is 2.22. The van der Waals surface area contributed by atoms with Gasteiger partial charge in [0.05, 0.1) is 17.2 Å². The Bertz CT molecular complexity index is 933. The predicted octanol–water partition coefficient (Wildman–Crippen LogP) is 1.79. The predicted molar refractivity (Wildman–Crippen MR) is 106 cm³/mol. The largest absolute Gasteiger partial charge is 0.341 e. The lowest BCUT2D eigenvalue weighted by molar-refractivity contribution is -0.143. The van der Waals surface area contributed by atoms with Gasteiger partial charge in [-0.1, -0.05) is 12.1 Å². The van der Waals surface area contributed by atoms with Crippen LogP contribution in [0.3, 0.4) is 0 Å². The number of amides is 2. The third kappa shape index (κ3) is 3.66. The maximum atomic E-state index is 12.7. The average Bonchev–Trinajstić information content (AvgIpc) is 3.41. The first-order valence-corrected chi connectivity index (χ1v) is 10.2. The van der Waals surface area contributed by atoms with Crippen molar-refractivity contribution >= 4 is 22.7 Å². The highest BCUT2D eigenvalue weighted by molar-refractivity contribution is 5.88. The molecule has 28 heavy (non-hydrogen) atoms. The Morgan fingerprint density at radius 3 is 2.68 bits per heavy atom. The zero-order chi connectivity index (χ0) is 19.5. The zero-order valence-electron chi connectivity index (χ0n) is 16.0. The maximum Gasteiger partial charge on any atom is 0.261 e. The molecule has 2 aliphatic heterocycles. The van der Waals surface area contributed by atoms with E-state index in [4.69, 9.17) is 0 Å². The van der Waals surface area contributed by atoms with Crippen LogP contribution < -0.4 is 5.56 Å². The molecule has 1 aromatic heterocycles. The van der Waals surface area contributed by atoms with Crippen molar-refractivity contribution in [3.8, 4) is 0 Å². The number of hydrogen-bond donors (Lipinski definition) is 0. The first-order valence-electron chi connectivity index (χ1n) is 10.2. The SMILES string of the molecule is O=C([C@@H]1CCCN1C(=O)CCCn1cnc2ccccc2c1=O)N1CCCC1. The van der Waals surface area contributed by atoms with E-state index in [0.717, 1.165) is 38.8 Å². The van der Waals surface area contributed by atoms with Gasteiger partial charge in [-0.15, -0.1) is 0 Å². The van der Waals surface area contributed by atoms with Crippen molar-refractivity contribution in [2.24, 2.45) is 0 Å². The van der Waals surface area contributed by atoms with Crippen LogP contribution in [0, 0.1) is 0 Å². The van der Waals surface area contributed by atoms with Crippen LogP contribution in [0.2, 0.25) is 0 Å². The van der Waals surface area contributed by atoms with E-state index in [1.54, 1.807) is 21.9 Å². The van der Waals surface area contributed by atoms with Crippen LogP contribution in [0.4, 0.5) is 0 Å². The average molecular weight is 382 g/mol. The van der Waals surface area contributed by atoms with E-state index >= 15 is 0 Å². The molecule has 2 fully saturated rings. The molecule has 1 aromatic carbocycles. The van der Waals surface area contributed by atoms with Crippen molar-refractivity contribution in [1.29, 1.82) is 0 Å². The Balaban J connectivity index is 1.36. The molecule has 0 bridgehead atoms. The molecule has 0 N–H and O–H groups in total. The van der Waals surface area contributed by atoms with Crippen LogP contribution in [0.25, 0.3) is 10.9 Å². The lowest BCUT2D eigenvalue weighted by Gasteiger charge is -2.27. The topological polar surface area (TPSA) is 75.5 Å². The van der Waals surface area contributed by atoms with Gasteiger partial charge in [-0.3, -0.25) is 19.0 Å². The number of fused-ring (bicyclic) bond motifs is 1. The van der Waals surface area contributed by atoms with Gasteiger partial charge in [0, 0.05) is 32.6 Å². The van der Waals surface area contributed by atoms with E-state index < -0.39 is 0 Å². The van der Waals surface area contributed by atoms with Gasteiger partial charge in [-0.05, 0) is 44.2 Å². The smallest absolute Gasteiger partial charge is 0.261 e. The number of rotatable bonds is 5. The number of nitrogens with zero attached hydrogens (tertiary/aromatic N) is 4. The Morgan fingerprint density at radius 2 is 1.86 bits per heavy atom. The van der Waals surface area contributed by atoms with E-state index in [0.29, 0.717) is 36.8 Å². The molecule has 2 amide bonds. The van der Waals surface area contributed by atoms with Gasteiger partial charge in [0.25, 0.3) is 5.56 Å². The maximum absolute atomic E-state index is 12.7. The van der Waals surface area contributed by atoms with E-state index in [1.165, 1.54) is 0 Å². The lowest BCUT2D eigenvalue weighted by atomic mass is 10.1. The number of para-hydroxylation sites is 1. The fourth-order valence-corrected chi connectivity index (χ4v) is 4.28. The minimum Gasteiger partial charge on any atom is -0.341 e. The Hall–Kier alpha value is -2.70. The van der Waals surface area contributed by atoms with Crippen LogP contribution in [0.1, 0.15) is 38.5 Å². The molecule has 7 heteroatoms. The summed E-state index contributed by atoms with van der Waals surface area (Å²) in [4.78, 5) is 45.9. The summed E-state index contributed by atoms with van der Waals surface area (Å²) in [5.41, 5.74) is 0.599. The fourth-order valence-electron chi connectivity index (χ4n) is 4.28. The molecule has 0 spiro atoms. The molecule has 2 aliphatic rings. The second-order valence-electron chi connectivity index (χ2n) is 7.64. The van der Waals surface area contributed by atoms with Gasteiger partial charge in [-0.2, -0.15) is 0 Å². The monoisotopic (exact) mass is 382 g/mol. The van der Waals surface area contributed by atoms with Crippen molar-refractivity contribution in [1.82, 2.24) is 19.4 Å². The summed E-state index contributed by atoms with van der Waals surface area (Å²) in [5, 5.41) is 0.590. The van der Waals surface area contributed by atoms with Gasteiger partial charge < -0.3 is 9.80 Å². The van der Waals surface area contributed by atoms with Crippen molar-refractivity contribution in [3.05, 3.63) is 40.9 Å². The summed E-state index contributed by atoms with van der Waals surface area (Å²) >= 11 is 0. The Kier molecular flexibility index (Phi) is 5.41. The van der Waals surface area contributed by atoms with Crippen LogP contribution >= 0.6 is 0 Å². The number of likely N-dealkylation sites (tertiary alicyclic amines) is 2. The third-order valence-electron chi connectivity index (χ3n) is 5.80. The summed E-state index contributed by atoms with van der Waals surface area (Å²) in [6.45, 7) is 2.73. The normalized spacial score (nSPS) is 19.5. The molecule has 3 heterocycles. The minimum atomic E-state index is -0.296. The molecular weight excluding hydrogens is 356 g/mol. The van der Waals surface area contributed by atoms with E-state index in [-0.39, 0.29) is 23.4 Å². The molecule has 4 rings (SSSR count). The number of hydrogen-bond acceptors (Lipinski definition) is 4.